The van der Waals surface area contributed by atoms with E-state index in [-0.39, 0.29) is 43.0 Å². The average Bonchev–Trinajstić information content (AvgIpc) is 2.91. The molecule has 0 amide bonds. The highest BCUT2D eigenvalue weighted by molar-refractivity contribution is 14.1. The molecular weight excluding hydrogens is 617 g/mol. The summed E-state index contributed by atoms with van der Waals surface area (Å²) in [5.74, 6) is 1.65. The second kappa shape index (κ2) is 16.9. The molecule has 0 radical (unpaired) electrons. The zero-order valence-corrected chi connectivity index (χ0v) is 24.4. The van der Waals surface area contributed by atoms with Crippen molar-refractivity contribution in [2.75, 3.05) is 24.1 Å². The van der Waals surface area contributed by atoms with Crippen LogP contribution in [0.15, 0.2) is 71.6 Å². The van der Waals surface area contributed by atoms with Gasteiger partial charge >= 0.3 is 11.9 Å². The number of esters is 2. The lowest BCUT2D eigenvalue weighted by molar-refractivity contribution is -0.143. The minimum atomic E-state index is -3.85. The highest BCUT2D eigenvalue weighted by Gasteiger charge is 2.27. The van der Waals surface area contributed by atoms with Gasteiger partial charge in [-0.3, -0.25) is 13.9 Å². The van der Waals surface area contributed by atoms with Crippen molar-refractivity contribution in [1.29, 1.82) is 0 Å². The number of carbonyl (C=O) groups is 2. The summed E-state index contributed by atoms with van der Waals surface area (Å²) in [6, 6.07) is 15.4. The summed E-state index contributed by atoms with van der Waals surface area (Å²) in [7, 11) is -3.85. The lowest BCUT2D eigenvalue weighted by Crippen LogP contribution is -2.34. The normalized spacial score (nSPS) is 10.8. The smallest absolute Gasteiger partial charge is 0.306 e. The molecular formula is C29H34INO6S. The number of rotatable bonds is 17. The van der Waals surface area contributed by atoms with E-state index in [0.29, 0.717) is 24.1 Å². The molecule has 2 rings (SSSR count). The number of anilines is 1. The van der Waals surface area contributed by atoms with E-state index in [1.54, 1.807) is 42.5 Å². The third-order valence-corrected chi connectivity index (χ3v) is 8.27. The summed E-state index contributed by atoms with van der Waals surface area (Å²) in [5, 5.41) is 0. The van der Waals surface area contributed by atoms with Gasteiger partial charge in [-0.15, -0.1) is 6.42 Å². The first-order valence-corrected chi connectivity index (χ1v) is 15.0. The Hall–Kier alpha value is -2.84. The predicted octanol–water partition coefficient (Wildman–Crippen LogP) is 5.88. The summed E-state index contributed by atoms with van der Waals surface area (Å²) < 4.78 is 39.2. The molecule has 9 heteroatoms. The molecule has 0 saturated heterocycles. The Kier molecular flexibility index (Phi) is 13.9. The third kappa shape index (κ3) is 10.9. The molecule has 0 saturated carbocycles. The van der Waals surface area contributed by atoms with Gasteiger partial charge in [0, 0.05) is 16.4 Å². The highest BCUT2D eigenvalue weighted by atomic mass is 127. The number of ether oxygens (including phenoxy) is 2. The molecule has 2 aromatic rings. The van der Waals surface area contributed by atoms with Gasteiger partial charge in [-0.05, 0) is 65.3 Å². The maximum atomic E-state index is 13.4. The lowest BCUT2D eigenvalue weighted by Gasteiger charge is -2.26. The largest absolute Gasteiger partial charge is 0.461 e. The number of carbonyl (C=O) groups excluding carboxylic acids is 2. The van der Waals surface area contributed by atoms with Gasteiger partial charge in [-0.2, -0.15) is 0 Å². The van der Waals surface area contributed by atoms with Crippen LogP contribution in [0.25, 0.3) is 0 Å². The van der Waals surface area contributed by atoms with Crippen molar-refractivity contribution in [3.8, 4) is 12.3 Å². The van der Waals surface area contributed by atoms with Crippen LogP contribution in [0, 0.1) is 15.9 Å². The SMILES string of the molecule is C#CCOC(=O)CCCCCCCCC(=O)OCC(=C)CN(c1ccccc1I)S(=O)(=O)c1ccccc1. The van der Waals surface area contributed by atoms with Crippen molar-refractivity contribution < 1.29 is 27.5 Å². The van der Waals surface area contributed by atoms with Crippen molar-refractivity contribution in [3.63, 3.8) is 0 Å². The molecule has 204 valence electrons. The number of hydrogen-bond donors (Lipinski definition) is 0. The third-order valence-electron chi connectivity index (χ3n) is 5.59. The number of para-hydroxylation sites is 1. The van der Waals surface area contributed by atoms with Gasteiger partial charge in [-0.1, -0.05) is 68.5 Å². The summed E-state index contributed by atoms with van der Waals surface area (Å²) in [6.45, 7) is 3.91. The van der Waals surface area contributed by atoms with Gasteiger partial charge in [-0.25, -0.2) is 8.42 Å². The van der Waals surface area contributed by atoms with Crippen LogP contribution >= 0.6 is 22.6 Å². The fraction of sp³-hybridized carbons (Fsp3) is 0.379. The molecule has 38 heavy (non-hydrogen) atoms. The summed E-state index contributed by atoms with van der Waals surface area (Å²) in [5.41, 5.74) is 1.01. The van der Waals surface area contributed by atoms with Gasteiger partial charge < -0.3 is 9.47 Å². The number of terminal acetylenes is 1. The Bertz CT molecular complexity index is 1210. The van der Waals surface area contributed by atoms with Crippen LogP contribution in [0.2, 0.25) is 0 Å². The lowest BCUT2D eigenvalue weighted by atomic mass is 10.1. The fourth-order valence-corrected chi connectivity index (χ4v) is 5.99. The van der Waals surface area contributed by atoms with E-state index in [9.17, 15) is 18.0 Å². The highest BCUT2D eigenvalue weighted by Crippen LogP contribution is 2.29. The molecule has 0 bridgehead atoms. The van der Waals surface area contributed by atoms with E-state index in [0.717, 1.165) is 35.7 Å². The molecule has 0 fully saturated rings. The number of halogens is 1. The van der Waals surface area contributed by atoms with E-state index >= 15 is 0 Å². The van der Waals surface area contributed by atoms with E-state index in [2.05, 4.69) is 35.1 Å². The standard InChI is InChI=1S/C29H34INO6S/c1-3-21-36-28(32)19-11-6-4-5-7-12-20-29(33)37-23-24(2)22-31(27-18-14-13-17-26(27)30)38(34,35)25-15-9-8-10-16-25/h1,8-10,13-18H,2,4-7,11-12,19-23H2. The zero-order valence-electron chi connectivity index (χ0n) is 21.4. The maximum absolute atomic E-state index is 13.4. The first kappa shape index (κ1) is 31.4. The van der Waals surface area contributed by atoms with E-state index < -0.39 is 10.0 Å². The first-order valence-electron chi connectivity index (χ1n) is 12.5. The molecule has 0 N–H and O–H groups in total. The molecule has 2 aromatic carbocycles. The predicted molar refractivity (Wildman–Crippen MR) is 157 cm³/mol. The number of unbranched alkanes of at least 4 members (excludes halogenated alkanes) is 5. The Morgan fingerprint density at radius 3 is 2.03 bits per heavy atom. The van der Waals surface area contributed by atoms with Crippen LogP contribution in [0.1, 0.15) is 51.4 Å². The molecule has 0 aliphatic rings. The minimum absolute atomic E-state index is 0.0131. The Morgan fingerprint density at radius 2 is 1.42 bits per heavy atom. The first-order chi connectivity index (χ1) is 18.3. The molecule has 0 aliphatic heterocycles. The number of hydrogen-bond acceptors (Lipinski definition) is 6. The van der Waals surface area contributed by atoms with E-state index in [4.69, 9.17) is 15.9 Å². The van der Waals surface area contributed by atoms with Crippen LogP contribution in [0.4, 0.5) is 5.69 Å². The zero-order chi connectivity index (χ0) is 27.8. The van der Waals surface area contributed by atoms with Gasteiger partial charge in [0.15, 0.2) is 6.61 Å². The van der Waals surface area contributed by atoms with Crippen LogP contribution in [-0.2, 0) is 29.1 Å². The minimum Gasteiger partial charge on any atom is -0.461 e. The summed E-state index contributed by atoms with van der Waals surface area (Å²) in [4.78, 5) is 23.8. The molecule has 0 spiro atoms. The van der Waals surface area contributed by atoms with E-state index in [1.807, 2.05) is 12.1 Å². The monoisotopic (exact) mass is 651 g/mol. The molecule has 7 nitrogen and oxygen atoms in total. The molecule has 0 unspecified atom stereocenters. The molecule has 0 atom stereocenters. The van der Waals surface area contributed by atoms with Crippen molar-refractivity contribution in [1.82, 2.24) is 0 Å². The second-order valence-electron chi connectivity index (χ2n) is 8.67. The average molecular weight is 652 g/mol. The van der Waals surface area contributed by atoms with Crippen molar-refractivity contribution in [2.45, 2.75) is 56.3 Å². The number of benzene rings is 2. The van der Waals surface area contributed by atoms with Crippen LogP contribution in [0.5, 0.6) is 0 Å². The van der Waals surface area contributed by atoms with Crippen molar-refractivity contribution in [3.05, 3.63) is 70.3 Å². The van der Waals surface area contributed by atoms with Crippen molar-refractivity contribution >= 4 is 50.2 Å². The van der Waals surface area contributed by atoms with Crippen LogP contribution in [-0.4, -0.2) is 40.1 Å². The van der Waals surface area contributed by atoms with E-state index in [1.165, 1.54) is 4.31 Å². The Balaban J connectivity index is 1.77. The molecule has 0 aliphatic carbocycles. The number of nitrogens with zero attached hydrogens (tertiary/aromatic N) is 1. The Labute approximate surface area is 239 Å². The van der Waals surface area contributed by atoms with Crippen LogP contribution < -0.4 is 4.31 Å². The topological polar surface area (TPSA) is 90.0 Å². The maximum Gasteiger partial charge on any atom is 0.306 e. The van der Waals surface area contributed by atoms with Gasteiger partial charge in [0.05, 0.1) is 17.1 Å². The van der Waals surface area contributed by atoms with Gasteiger partial charge in [0.25, 0.3) is 10.0 Å². The molecule has 0 heterocycles. The van der Waals surface area contributed by atoms with Gasteiger partial charge in [0.1, 0.15) is 6.61 Å². The quantitative estimate of drug-likeness (QED) is 0.0698. The second-order valence-corrected chi connectivity index (χ2v) is 11.7. The Morgan fingerprint density at radius 1 is 0.868 bits per heavy atom. The summed E-state index contributed by atoms with van der Waals surface area (Å²) in [6.07, 6.45) is 10.9. The van der Waals surface area contributed by atoms with Crippen molar-refractivity contribution in [2.24, 2.45) is 0 Å². The van der Waals surface area contributed by atoms with Gasteiger partial charge in [0.2, 0.25) is 0 Å². The number of sulfonamides is 1. The summed E-state index contributed by atoms with van der Waals surface area (Å²) >= 11 is 2.10. The molecule has 0 aromatic heterocycles. The van der Waals surface area contributed by atoms with Crippen LogP contribution in [0.3, 0.4) is 0 Å². The fourth-order valence-electron chi connectivity index (χ4n) is 3.62.